The summed E-state index contributed by atoms with van der Waals surface area (Å²) in [5.41, 5.74) is 4.00. The molecule has 0 unspecified atom stereocenters. The Morgan fingerprint density at radius 1 is 0.365 bits per heavy atom. The molecule has 12 rings (SSSR count). The Morgan fingerprint density at radius 2 is 0.873 bits per heavy atom. The highest BCUT2D eigenvalue weighted by molar-refractivity contribution is 7.26. The minimum absolute atomic E-state index is 0.0906. The van der Waals surface area contributed by atoms with Gasteiger partial charge in [0.2, 0.25) is 0 Å². The van der Waals surface area contributed by atoms with Crippen LogP contribution in [0.1, 0.15) is 13.7 Å². The summed E-state index contributed by atoms with van der Waals surface area (Å²) in [4.78, 5) is 0. The van der Waals surface area contributed by atoms with Gasteiger partial charge in [0.1, 0.15) is 0 Å². The molecule has 12 aromatic rings. The number of para-hydroxylation sites is 1. The molecule has 0 bridgehead atoms. The summed E-state index contributed by atoms with van der Waals surface area (Å²) in [6, 6.07) is 58.0. The molecule has 0 spiro atoms. The lowest BCUT2D eigenvalue weighted by Crippen LogP contribution is -2.74. The summed E-state index contributed by atoms with van der Waals surface area (Å²) in [5, 5.41) is 7.62. The van der Waals surface area contributed by atoms with E-state index in [2.05, 4.69) is 91.0 Å². The average molecular weight is 846 g/mol. The van der Waals surface area contributed by atoms with Gasteiger partial charge in [0.05, 0.1) is 30.4 Å². The van der Waals surface area contributed by atoms with Crippen LogP contribution in [0.5, 0.6) is 0 Å². The van der Waals surface area contributed by atoms with Gasteiger partial charge in [0.15, 0.2) is 8.07 Å². The van der Waals surface area contributed by atoms with E-state index in [-0.39, 0.29) is 22.3 Å². The van der Waals surface area contributed by atoms with Crippen molar-refractivity contribution in [2.24, 2.45) is 0 Å². The van der Waals surface area contributed by atoms with Gasteiger partial charge in [0, 0.05) is 42.1 Å². The molecule has 0 aliphatic carbocycles. The van der Waals surface area contributed by atoms with Crippen LogP contribution < -0.4 is 20.7 Å². The van der Waals surface area contributed by atoms with Crippen LogP contribution in [-0.2, 0) is 0 Å². The molecule has 0 radical (unpaired) electrons. The van der Waals surface area contributed by atoms with Crippen LogP contribution in [-0.4, -0.2) is 12.6 Å². The van der Waals surface area contributed by atoms with Gasteiger partial charge in [-0.2, -0.15) is 0 Å². The Hall–Kier alpha value is -7.56. The monoisotopic (exact) mass is 845 g/mol. The normalized spacial score (nSPS) is 14.0. The van der Waals surface area contributed by atoms with Gasteiger partial charge >= 0.3 is 0 Å². The van der Waals surface area contributed by atoms with Gasteiger partial charge in [0.25, 0.3) is 0 Å². The fourth-order valence-electron chi connectivity index (χ4n) is 9.70. The lowest BCUT2D eigenvalue weighted by molar-refractivity contribution is 1.18. The highest BCUT2D eigenvalue weighted by atomic mass is 32.1. The van der Waals surface area contributed by atoms with Crippen molar-refractivity contribution in [2.45, 2.75) is 0 Å². The lowest BCUT2D eigenvalue weighted by Gasteiger charge is -2.36. The number of thiophene rings is 1. The molecule has 1 nitrogen and oxygen atoms in total. The first kappa shape index (κ1) is 28.1. The molecule has 0 saturated carbocycles. The predicted molar refractivity (Wildman–Crippen MR) is 274 cm³/mol. The molecule has 0 N–H and O–H groups in total. The largest absolute Gasteiger partial charge is 0.308 e. The van der Waals surface area contributed by atoms with Gasteiger partial charge in [-0.25, -0.2) is 0 Å². The van der Waals surface area contributed by atoms with Crippen molar-refractivity contribution in [3.8, 4) is 39.1 Å². The molecular formula is C60H41NSSi. The van der Waals surface area contributed by atoms with Crippen LogP contribution in [0.2, 0.25) is 0 Å². The fourth-order valence-corrected chi connectivity index (χ4v) is 15.6. The van der Waals surface area contributed by atoms with Gasteiger partial charge in [-0.1, -0.05) is 218 Å². The van der Waals surface area contributed by atoms with Crippen molar-refractivity contribution in [2.75, 3.05) is 0 Å². The summed E-state index contributed by atoms with van der Waals surface area (Å²) < 4.78 is 97.1. The summed E-state index contributed by atoms with van der Waals surface area (Å²) in [7, 11) is -3.59. The second-order valence-corrected chi connectivity index (χ2v) is 20.5. The van der Waals surface area contributed by atoms with Gasteiger partial charge < -0.3 is 4.57 Å². The molecule has 0 aliphatic rings. The molecule has 2 heterocycles. The predicted octanol–water partition coefficient (Wildman–Crippen LogP) is 13.5. The summed E-state index contributed by atoms with van der Waals surface area (Å²) in [6.07, 6.45) is 0. The third-order valence-electron chi connectivity index (χ3n) is 12.3. The Balaban J connectivity index is 1.31. The van der Waals surface area contributed by atoms with Crippen LogP contribution in [0.15, 0.2) is 248 Å². The third kappa shape index (κ3) is 6.04. The minimum atomic E-state index is -3.59. The summed E-state index contributed by atoms with van der Waals surface area (Å²) in [6.45, 7) is 0. The van der Waals surface area contributed by atoms with Crippen molar-refractivity contribution in [3.05, 3.63) is 248 Å². The van der Waals surface area contributed by atoms with E-state index in [0.717, 1.165) is 52.9 Å². The molecule has 0 aliphatic heterocycles. The highest BCUT2D eigenvalue weighted by Crippen LogP contribution is 2.44. The van der Waals surface area contributed by atoms with Crippen LogP contribution >= 0.6 is 11.3 Å². The smallest absolute Gasteiger partial charge is 0.179 e. The highest BCUT2D eigenvalue weighted by Gasteiger charge is 2.42. The maximum Gasteiger partial charge on any atom is 0.179 e. The average Bonchev–Trinajstić information content (AvgIpc) is 3.98. The van der Waals surface area contributed by atoms with E-state index in [1.165, 1.54) is 4.70 Å². The quantitative estimate of drug-likeness (QED) is 0.106. The Bertz CT molecular complexity index is 3970. The number of hydrogen-bond donors (Lipinski definition) is 0. The van der Waals surface area contributed by atoms with Crippen molar-refractivity contribution < 1.29 is 13.7 Å². The van der Waals surface area contributed by atoms with Crippen LogP contribution in [0, 0.1) is 0 Å². The fraction of sp³-hybridized carbons (Fsp3) is 0. The molecule has 296 valence electrons. The van der Waals surface area contributed by atoms with Gasteiger partial charge in [-0.05, 0) is 73.3 Å². The van der Waals surface area contributed by atoms with Crippen molar-refractivity contribution in [1.82, 2.24) is 4.57 Å². The van der Waals surface area contributed by atoms with Gasteiger partial charge in [-0.15, -0.1) is 11.3 Å². The first-order valence-electron chi connectivity index (χ1n) is 25.9. The standard InChI is InChI=1S/C60H41NSSi/c1-6-21-42(22-7-1)52-40-48(63(45-25-10-3-11-26-45,46-27-12-4-13-28-46)47-29-14-5-15-30-47)41-53(43-23-8-2-9-24-43)60(52)61-55-34-18-16-31-50(55)54-39-44(37-38-56(54)61)49-33-20-36-58-59(49)51-32-17-19-35-57(51)62-58/h1-41H/i1D,2D,6D,7D,8D,9D,21D,22D,23D,24D. The van der Waals surface area contributed by atoms with Crippen LogP contribution in [0.25, 0.3) is 81.0 Å². The van der Waals surface area contributed by atoms with E-state index in [4.69, 9.17) is 8.22 Å². The number of aromatic nitrogens is 1. The molecule has 0 saturated heterocycles. The Labute approximate surface area is 386 Å². The molecular weight excluding hydrogens is 795 g/mol. The zero-order valence-electron chi connectivity index (χ0n) is 43.8. The maximum absolute atomic E-state index is 9.70. The number of hydrogen-bond acceptors (Lipinski definition) is 1. The minimum Gasteiger partial charge on any atom is -0.308 e. The summed E-state index contributed by atoms with van der Waals surface area (Å²) in [5.74, 6) is 0. The third-order valence-corrected chi connectivity index (χ3v) is 18.2. The van der Waals surface area contributed by atoms with Crippen molar-refractivity contribution in [1.29, 1.82) is 0 Å². The van der Waals surface area contributed by atoms with E-state index in [1.54, 1.807) is 11.3 Å². The number of fused-ring (bicyclic) bond motifs is 6. The first-order chi connectivity index (χ1) is 35.4. The molecule has 10 aromatic carbocycles. The van der Waals surface area contributed by atoms with Gasteiger partial charge in [-0.3, -0.25) is 0 Å². The molecule has 0 atom stereocenters. The molecule has 0 fully saturated rings. The number of rotatable bonds is 8. The summed E-state index contributed by atoms with van der Waals surface area (Å²) >= 11 is 1.75. The molecule has 2 aromatic heterocycles. The molecule has 3 heteroatoms. The van der Waals surface area contributed by atoms with E-state index in [9.17, 15) is 5.48 Å². The topological polar surface area (TPSA) is 4.93 Å². The number of nitrogens with zero attached hydrogens (tertiary/aromatic N) is 1. The van der Waals surface area contributed by atoms with Crippen molar-refractivity contribution in [3.63, 3.8) is 0 Å². The molecule has 0 amide bonds. The Morgan fingerprint density at radius 3 is 1.48 bits per heavy atom. The first-order valence-corrected chi connectivity index (χ1v) is 23.7. The van der Waals surface area contributed by atoms with E-state index in [0.29, 0.717) is 21.9 Å². The zero-order valence-corrected chi connectivity index (χ0v) is 35.6. The number of benzene rings is 10. The Kier molecular flexibility index (Phi) is 6.88. The van der Waals surface area contributed by atoms with Crippen LogP contribution in [0.4, 0.5) is 0 Å². The second-order valence-electron chi connectivity index (χ2n) is 15.6. The maximum atomic E-state index is 9.70. The van der Waals surface area contributed by atoms with E-state index >= 15 is 0 Å². The lowest BCUT2D eigenvalue weighted by atomic mass is 9.95. The SMILES string of the molecule is [2H]c1c([2H])c([2H])c(-c2cc([Si](c3ccccc3)(c3ccccc3)c3ccccc3)cc(-c3c([2H])c([2H])c([2H])c([2H])c3[2H])c2-n2c3ccccc3c3cc(-c4cccc5sc6ccccc6c45)ccc32)c([2H])c1[2H]. The molecule has 63 heavy (non-hydrogen) atoms. The second kappa shape index (κ2) is 15.4. The van der Waals surface area contributed by atoms with Crippen molar-refractivity contribution >= 4 is 82.1 Å². The zero-order chi connectivity index (χ0) is 50.4. The van der Waals surface area contributed by atoms with E-state index in [1.807, 2.05) is 102 Å². The van der Waals surface area contributed by atoms with E-state index < -0.39 is 68.5 Å². The van der Waals surface area contributed by atoms with Crippen LogP contribution in [0.3, 0.4) is 0 Å².